The average Bonchev–Trinajstić information content (AvgIpc) is 2.72. The maximum absolute atomic E-state index is 12.2. The summed E-state index contributed by atoms with van der Waals surface area (Å²) in [5.41, 5.74) is 4.26. The number of anilines is 2. The van der Waals surface area contributed by atoms with Gasteiger partial charge in [0.15, 0.2) is 0 Å². The molecule has 0 fully saturated rings. The van der Waals surface area contributed by atoms with E-state index in [2.05, 4.69) is 36.2 Å². The second-order valence-corrected chi connectivity index (χ2v) is 7.15. The maximum atomic E-state index is 12.2. The van der Waals surface area contributed by atoms with Gasteiger partial charge in [0.05, 0.1) is 0 Å². The summed E-state index contributed by atoms with van der Waals surface area (Å²) in [4.78, 5) is 28.4. The minimum atomic E-state index is -0.0257. The molecule has 0 heterocycles. The van der Waals surface area contributed by atoms with E-state index >= 15 is 0 Å². The number of aryl methyl sites for hydroxylation is 2. The second kappa shape index (κ2) is 11.2. The van der Waals surface area contributed by atoms with Gasteiger partial charge in [-0.15, -0.1) is 0 Å². The van der Waals surface area contributed by atoms with Gasteiger partial charge >= 0.3 is 0 Å². The zero-order valence-electron chi connectivity index (χ0n) is 18.1. The second-order valence-electron chi connectivity index (χ2n) is 7.15. The Morgan fingerprint density at radius 1 is 1.00 bits per heavy atom. The van der Waals surface area contributed by atoms with Gasteiger partial charge in [-0.05, 0) is 56.5 Å². The standard InChI is InChI=1S/C24H33N3O2/c1-5-26(6-2)22-13-14-23(19(3)18-22)27(20(4)28)17-16-25-24(29)15-12-21-10-8-7-9-11-21/h7-11,13-14,18H,5-6,12,15-17H2,1-4H3,(H,25,29). The largest absolute Gasteiger partial charge is 0.372 e. The topological polar surface area (TPSA) is 52.6 Å². The molecule has 2 amide bonds. The Bertz CT molecular complexity index is 801. The predicted molar refractivity (Wildman–Crippen MR) is 121 cm³/mol. The molecule has 0 unspecified atom stereocenters. The molecular weight excluding hydrogens is 362 g/mol. The third kappa shape index (κ3) is 6.63. The summed E-state index contributed by atoms with van der Waals surface area (Å²) >= 11 is 0. The zero-order valence-corrected chi connectivity index (χ0v) is 18.1. The van der Waals surface area contributed by atoms with Crippen LogP contribution in [0.2, 0.25) is 0 Å². The fourth-order valence-electron chi connectivity index (χ4n) is 3.47. The van der Waals surface area contributed by atoms with Crippen LogP contribution in [-0.2, 0) is 16.0 Å². The first-order chi connectivity index (χ1) is 14.0. The molecule has 5 heteroatoms. The third-order valence-electron chi connectivity index (χ3n) is 5.12. The van der Waals surface area contributed by atoms with E-state index in [0.717, 1.165) is 42.0 Å². The van der Waals surface area contributed by atoms with Crippen molar-refractivity contribution in [2.24, 2.45) is 0 Å². The molecule has 5 nitrogen and oxygen atoms in total. The molecule has 0 aliphatic carbocycles. The lowest BCUT2D eigenvalue weighted by molar-refractivity contribution is -0.121. The molecule has 2 aromatic rings. The van der Waals surface area contributed by atoms with Gasteiger partial charge in [0.25, 0.3) is 0 Å². The van der Waals surface area contributed by atoms with Gasteiger partial charge in [0.2, 0.25) is 11.8 Å². The number of rotatable bonds is 10. The summed E-state index contributed by atoms with van der Waals surface area (Å²) in [6, 6.07) is 16.2. The van der Waals surface area contributed by atoms with Crippen LogP contribution in [0.15, 0.2) is 48.5 Å². The number of benzene rings is 2. The van der Waals surface area contributed by atoms with Crippen molar-refractivity contribution in [1.29, 1.82) is 0 Å². The summed E-state index contributed by atoms with van der Waals surface area (Å²) in [7, 11) is 0. The van der Waals surface area contributed by atoms with Crippen LogP contribution in [0.25, 0.3) is 0 Å². The lowest BCUT2D eigenvalue weighted by atomic mass is 10.1. The van der Waals surface area contributed by atoms with Crippen molar-refractivity contribution < 1.29 is 9.59 Å². The van der Waals surface area contributed by atoms with E-state index in [9.17, 15) is 9.59 Å². The molecule has 0 aliphatic rings. The Balaban J connectivity index is 1.93. The highest BCUT2D eigenvalue weighted by molar-refractivity contribution is 5.92. The van der Waals surface area contributed by atoms with Crippen molar-refractivity contribution in [2.45, 2.75) is 40.5 Å². The van der Waals surface area contributed by atoms with Crippen LogP contribution >= 0.6 is 0 Å². The molecule has 0 bridgehead atoms. The van der Waals surface area contributed by atoms with Crippen LogP contribution in [-0.4, -0.2) is 38.0 Å². The van der Waals surface area contributed by atoms with Crippen molar-refractivity contribution in [3.8, 4) is 0 Å². The molecule has 1 N–H and O–H groups in total. The summed E-state index contributed by atoms with van der Waals surface area (Å²) in [5.74, 6) is -0.0202. The minimum absolute atomic E-state index is 0.00552. The molecule has 156 valence electrons. The highest BCUT2D eigenvalue weighted by Gasteiger charge is 2.15. The van der Waals surface area contributed by atoms with Crippen LogP contribution in [0, 0.1) is 6.92 Å². The molecule has 0 atom stereocenters. The van der Waals surface area contributed by atoms with E-state index in [-0.39, 0.29) is 11.8 Å². The van der Waals surface area contributed by atoms with Gasteiger partial charge in [-0.3, -0.25) is 9.59 Å². The SMILES string of the molecule is CCN(CC)c1ccc(N(CCNC(=O)CCc2ccccc2)C(C)=O)c(C)c1. The Labute approximate surface area is 174 Å². The van der Waals surface area contributed by atoms with Gasteiger partial charge in [-0.25, -0.2) is 0 Å². The Hall–Kier alpha value is -2.82. The van der Waals surface area contributed by atoms with Gasteiger partial charge in [-0.2, -0.15) is 0 Å². The summed E-state index contributed by atoms with van der Waals surface area (Å²) < 4.78 is 0. The van der Waals surface area contributed by atoms with E-state index in [4.69, 9.17) is 0 Å². The Morgan fingerprint density at radius 2 is 1.69 bits per heavy atom. The molecule has 0 radical (unpaired) electrons. The molecule has 29 heavy (non-hydrogen) atoms. The highest BCUT2D eigenvalue weighted by atomic mass is 16.2. The van der Waals surface area contributed by atoms with E-state index in [0.29, 0.717) is 19.5 Å². The fraction of sp³-hybridized carbons (Fsp3) is 0.417. The van der Waals surface area contributed by atoms with Crippen LogP contribution in [0.3, 0.4) is 0 Å². The number of carbonyl (C=O) groups excluding carboxylic acids is 2. The number of hydrogen-bond acceptors (Lipinski definition) is 3. The minimum Gasteiger partial charge on any atom is -0.372 e. The average molecular weight is 396 g/mol. The molecule has 0 aromatic heterocycles. The van der Waals surface area contributed by atoms with Gasteiger partial charge in [0, 0.05) is 50.9 Å². The first-order valence-corrected chi connectivity index (χ1v) is 10.4. The van der Waals surface area contributed by atoms with E-state index in [1.807, 2.05) is 43.3 Å². The lowest BCUT2D eigenvalue weighted by Crippen LogP contribution is -2.38. The maximum Gasteiger partial charge on any atom is 0.223 e. The van der Waals surface area contributed by atoms with Crippen LogP contribution < -0.4 is 15.1 Å². The van der Waals surface area contributed by atoms with Crippen molar-refractivity contribution in [3.05, 3.63) is 59.7 Å². The zero-order chi connectivity index (χ0) is 21.2. The third-order valence-corrected chi connectivity index (χ3v) is 5.12. The molecule has 0 saturated carbocycles. The van der Waals surface area contributed by atoms with Crippen LogP contribution in [0.4, 0.5) is 11.4 Å². The van der Waals surface area contributed by atoms with Gasteiger partial charge in [-0.1, -0.05) is 30.3 Å². The summed E-state index contributed by atoms with van der Waals surface area (Å²) in [6.45, 7) is 10.6. The van der Waals surface area contributed by atoms with E-state index in [1.54, 1.807) is 11.8 Å². The molecular formula is C24H33N3O2. The van der Waals surface area contributed by atoms with Crippen molar-refractivity contribution >= 4 is 23.2 Å². The quantitative estimate of drug-likeness (QED) is 0.663. The molecule has 0 saturated heterocycles. The van der Waals surface area contributed by atoms with Crippen LogP contribution in [0.5, 0.6) is 0 Å². The molecule has 0 aliphatic heterocycles. The van der Waals surface area contributed by atoms with E-state index < -0.39 is 0 Å². The van der Waals surface area contributed by atoms with Crippen molar-refractivity contribution in [2.75, 3.05) is 36.0 Å². The predicted octanol–water partition coefficient (Wildman–Crippen LogP) is 3.94. The number of nitrogens with zero attached hydrogens (tertiary/aromatic N) is 2. The van der Waals surface area contributed by atoms with E-state index in [1.165, 1.54) is 0 Å². The van der Waals surface area contributed by atoms with Crippen LogP contribution in [0.1, 0.15) is 38.3 Å². The van der Waals surface area contributed by atoms with Crippen molar-refractivity contribution in [1.82, 2.24) is 5.32 Å². The highest BCUT2D eigenvalue weighted by Crippen LogP contribution is 2.25. The smallest absolute Gasteiger partial charge is 0.223 e. The Morgan fingerprint density at radius 3 is 2.28 bits per heavy atom. The number of hydrogen-bond donors (Lipinski definition) is 1. The first kappa shape index (κ1) is 22.5. The van der Waals surface area contributed by atoms with Gasteiger partial charge < -0.3 is 15.1 Å². The number of nitrogens with one attached hydrogen (secondary N) is 1. The lowest BCUT2D eigenvalue weighted by Gasteiger charge is -2.26. The van der Waals surface area contributed by atoms with Crippen molar-refractivity contribution in [3.63, 3.8) is 0 Å². The normalized spacial score (nSPS) is 10.5. The summed E-state index contributed by atoms with van der Waals surface area (Å²) in [5, 5.41) is 2.93. The fourth-order valence-corrected chi connectivity index (χ4v) is 3.47. The number of amides is 2. The monoisotopic (exact) mass is 395 g/mol. The number of carbonyl (C=O) groups is 2. The Kier molecular flexibility index (Phi) is 8.71. The molecule has 2 aromatic carbocycles. The molecule has 0 spiro atoms. The first-order valence-electron chi connectivity index (χ1n) is 10.4. The molecule has 2 rings (SSSR count). The summed E-state index contributed by atoms with van der Waals surface area (Å²) in [6.07, 6.45) is 1.16. The van der Waals surface area contributed by atoms with Gasteiger partial charge in [0.1, 0.15) is 0 Å².